The van der Waals surface area contributed by atoms with Crippen LogP contribution in [0.3, 0.4) is 0 Å². The highest BCUT2D eigenvalue weighted by Gasteiger charge is 2.15. The van der Waals surface area contributed by atoms with Crippen LogP contribution in [0.15, 0.2) is 16.8 Å². The molecule has 0 radical (unpaired) electrons. The number of hydrogen-bond acceptors (Lipinski definition) is 4. The van der Waals surface area contributed by atoms with Crippen molar-refractivity contribution in [3.63, 3.8) is 0 Å². The predicted molar refractivity (Wildman–Crippen MR) is 85.3 cm³/mol. The number of anilines is 1. The summed E-state index contributed by atoms with van der Waals surface area (Å²) in [5, 5.41) is 9.95. The van der Waals surface area contributed by atoms with Gasteiger partial charge in [0.2, 0.25) is 0 Å². The van der Waals surface area contributed by atoms with Crippen molar-refractivity contribution in [2.75, 3.05) is 5.32 Å². The molecule has 0 bridgehead atoms. The molecule has 2 heterocycles. The zero-order valence-electron chi connectivity index (χ0n) is 13.0. The fraction of sp³-hybridized carbons (Fsp3) is 0.400. The van der Waals surface area contributed by atoms with E-state index in [2.05, 4.69) is 20.8 Å². The van der Waals surface area contributed by atoms with E-state index in [0.717, 1.165) is 22.6 Å². The van der Waals surface area contributed by atoms with Crippen molar-refractivity contribution in [3.05, 3.63) is 40.0 Å². The summed E-state index contributed by atoms with van der Waals surface area (Å²) in [5.41, 5.74) is 3.29. The van der Waals surface area contributed by atoms with Gasteiger partial charge in [-0.05, 0) is 45.7 Å². The summed E-state index contributed by atoms with van der Waals surface area (Å²) in [7, 11) is 0. The molecule has 6 nitrogen and oxygen atoms in total. The molecule has 0 unspecified atom stereocenters. The molecule has 2 rings (SSSR count). The Morgan fingerprint density at radius 3 is 2.73 bits per heavy atom. The SMILES string of the molecule is Cc1cc(NC(=O)N[C@H](C)Cc2c(C)noc2C)cnc1Cl. The molecule has 7 heteroatoms. The van der Waals surface area contributed by atoms with Crippen LogP contribution in [-0.4, -0.2) is 22.2 Å². The molecule has 2 aromatic rings. The Labute approximate surface area is 134 Å². The third kappa shape index (κ3) is 3.98. The fourth-order valence-corrected chi connectivity index (χ4v) is 2.27. The quantitative estimate of drug-likeness (QED) is 0.845. The van der Waals surface area contributed by atoms with Crippen LogP contribution in [0.2, 0.25) is 5.15 Å². The van der Waals surface area contributed by atoms with E-state index < -0.39 is 0 Å². The molecule has 0 fully saturated rings. The second kappa shape index (κ2) is 6.79. The maximum Gasteiger partial charge on any atom is 0.319 e. The number of hydrogen-bond donors (Lipinski definition) is 2. The number of halogens is 1. The first-order chi connectivity index (χ1) is 10.4. The number of amides is 2. The van der Waals surface area contributed by atoms with Crippen LogP contribution in [-0.2, 0) is 6.42 Å². The normalized spacial score (nSPS) is 12.0. The largest absolute Gasteiger partial charge is 0.361 e. The number of carbonyl (C=O) groups excluding carboxylic acids is 1. The lowest BCUT2D eigenvalue weighted by Crippen LogP contribution is -2.37. The van der Waals surface area contributed by atoms with Crippen LogP contribution in [0.1, 0.15) is 29.5 Å². The number of rotatable bonds is 4. The summed E-state index contributed by atoms with van der Waals surface area (Å²) in [4.78, 5) is 16.0. The van der Waals surface area contributed by atoms with Crippen LogP contribution in [0, 0.1) is 20.8 Å². The van der Waals surface area contributed by atoms with E-state index in [1.807, 2.05) is 27.7 Å². The minimum absolute atomic E-state index is 0.0573. The lowest BCUT2D eigenvalue weighted by Gasteiger charge is -2.14. The number of nitrogens with one attached hydrogen (secondary N) is 2. The van der Waals surface area contributed by atoms with Gasteiger partial charge in [0.05, 0.1) is 17.6 Å². The molecule has 2 aromatic heterocycles. The zero-order valence-corrected chi connectivity index (χ0v) is 13.8. The molecule has 0 aliphatic carbocycles. The van der Waals surface area contributed by atoms with E-state index in [1.54, 1.807) is 6.07 Å². The number of pyridine rings is 1. The first-order valence-corrected chi connectivity index (χ1v) is 7.36. The summed E-state index contributed by atoms with van der Waals surface area (Å²) < 4.78 is 5.12. The minimum Gasteiger partial charge on any atom is -0.361 e. The highest BCUT2D eigenvalue weighted by molar-refractivity contribution is 6.30. The Morgan fingerprint density at radius 1 is 1.41 bits per heavy atom. The van der Waals surface area contributed by atoms with Gasteiger partial charge in [0.25, 0.3) is 0 Å². The van der Waals surface area contributed by atoms with Crippen molar-refractivity contribution in [2.24, 2.45) is 0 Å². The monoisotopic (exact) mass is 322 g/mol. The third-order valence-corrected chi connectivity index (χ3v) is 3.74. The van der Waals surface area contributed by atoms with Crippen LogP contribution < -0.4 is 10.6 Å². The number of aryl methyl sites for hydroxylation is 3. The van der Waals surface area contributed by atoms with Gasteiger partial charge in [-0.25, -0.2) is 9.78 Å². The standard InChI is InChI=1S/C15H19ClN4O2/c1-8-5-12(7-17-14(8)16)19-15(21)18-9(2)6-13-10(3)20-22-11(13)4/h5,7,9H,6H2,1-4H3,(H2,18,19,21)/t9-/m1/s1. The van der Waals surface area contributed by atoms with Gasteiger partial charge in [-0.1, -0.05) is 16.8 Å². The topological polar surface area (TPSA) is 80.0 Å². The lowest BCUT2D eigenvalue weighted by molar-refractivity contribution is 0.249. The minimum atomic E-state index is -0.289. The molecule has 22 heavy (non-hydrogen) atoms. The van der Waals surface area contributed by atoms with Crippen LogP contribution in [0.25, 0.3) is 0 Å². The number of carbonyl (C=O) groups is 1. The summed E-state index contributed by atoms with van der Waals surface area (Å²) in [5.74, 6) is 0.782. The second-order valence-electron chi connectivity index (χ2n) is 5.34. The Kier molecular flexibility index (Phi) is 5.03. The Hall–Kier alpha value is -2.08. The first kappa shape index (κ1) is 16.3. The Balaban J connectivity index is 1.92. The van der Waals surface area contributed by atoms with E-state index in [1.165, 1.54) is 6.20 Å². The van der Waals surface area contributed by atoms with Crippen molar-refractivity contribution >= 4 is 23.3 Å². The van der Waals surface area contributed by atoms with E-state index in [0.29, 0.717) is 17.3 Å². The van der Waals surface area contributed by atoms with Crippen molar-refractivity contribution in [1.82, 2.24) is 15.5 Å². The van der Waals surface area contributed by atoms with Crippen molar-refractivity contribution in [3.8, 4) is 0 Å². The maximum atomic E-state index is 12.0. The van der Waals surface area contributed by atoms with E-state index in [9.17, 15) is 4.79 Å². The zero-order chi connectivity index (χ0) is 16.3. The second-order valence-corrected chi connectivity index (χ2v) is 5.70. The third-order valence-electron chi connectivity index (χ3n) is 3.34. The van der Waals surface area contributed by atoms with E-state index >= 15 is 0 Å². The molecular weight excluding hydrogens is 304 g/mol. The van der Waals surface area contributed by atoms with Gasteiger partial charge in [-0.15, -0.1) is 0 Å². The number of aromatic nitrogens is 2. The highest BCUT2D eigenvalue weighted by Crippen LogP contribution is 2.16. The van der Waals surface area contributed by atoms with E-state index in [4.69, 9.17) is 16.1 Å². The Bertz CT molecular complexity index is 665. The van der Waals surface area contributed by atoms with Gasteiger partial charge in [-0.2, -0.15) is 0 Å². The molecule has 0 saturated heterocycles. The molecule has 1 atom stereocenters. The summed E-state index contributed by atoms with van der Waals surface area (Å²) in [6, 6.07) is 1.43. The van der Waals surface area contributed by atoms with Crippen molar-refractivity contribution in [1.29, 1.82) is 0 Å². The predicted octanol–water partition coefficient (Wildman–Crippen LogP) is 3.40. The van der Waals surface area contributed by atoms with Gasteiger partial charge in [0.1, 0.15) is 10.9 Å². The Morgan fingerprint density at radius 2 is 2.14 bits per heavy atom. The van der Waals surface area contributed by atoms with Gasteiger partial charge in [0.15, 0.2) is 0 Å². The summed E-state index contributed by atoms with van der Waals surface area (Å²) in [6.45, 7) is 7.51. The average Bonchev–Trinajstić information content (AvgIpc) is 2.74. The van der Waals surface area contributed by atoms with Gasteiger partial charge in [0, 0.05) is 11.6 Å². The fourth-order valence-electron chi connectivity index (χ4n) is 2.17. The van der Waals surface area contributed by atoms with Crippen LogP contribution in [0.5, 0.6) is 0 Å². The smallest absolute Gasteiger partial charge is 0.319 e. The molecule has 0 aliphatic rings. The molecule has 2 N–H and O–H groups in total. The highest BCUT2D eigenvalue weighted by atomic mass is 35.5. The van der Waals surface area contributed by atoms with Crippen molar-refractivity contribution in [2.45, 2.75) is 40.2 Å². The van der Waals surface area contributed by atoms with Gasteiger partial charge < -0.3 is 15.2 Å². The average molecular weight is 323 g/mol. The molecule has 2 amide bonds. The summed E-state index contributed by atoms with van der Waals surface area (Å²) >= 11 is 5.86. The first-order valence-electron chi connectivity index (χ1n) is 6.98. The van der Waals surface area contributed by atoms with Gasteiger partial charge in [-0.3, -0.25) is 0 Å². The summed E-state index contributed by atoms with van der Waals surface area (Å²) in [6.07, 6.45) is 2.18. The van der Waals surface area contributed by atoms with Crippen molar-refractivity contribution < 1.29 is 9.32 Å². The number of nitrogens with zero attached hydrogens (tertiary/aromatic N) is 2. The molecule has 0 saturated carbocycles. The molecule has 118 valence electrons. The maximum absolute atomic E-state index is 12.0. The molecule has 0 spiro atoms. The van der Waals surface area contributed by atoms with Gasteiger partial charge >= 0.3 is 6.03 Å². The molecule has 0 aromatic carbocycles. The molecule has 0 aliphatic heterocycles. The van der Waals surface area contributed by atoms with Crippen LogP contribution >= 0.6 is 11.6 Å². The molecular formula is C15H19ClN4O2. The lowest BCUT2D eigenvalue weighted by atomic mass is 10.1. The van der Waals surface area contributed by atoms with E-state index in [-0.39, 0.29) is 12.1 Å². The van der Waals surface area contributed by atoms with Crippen LogP contribution in [0.4, 0.5) is 10.5 Å². The number of urea groups is 1.